The lowest BCUT2D eigenvalue weighted by atomic mass is 10.2. The standard InChI is InChI=1S/C10H10FN3O2/c1-6-13-14-10(16-6)9-8(11)7(5-15-2)3-4-12-9/h3-4H,5H2,1-2H3. The smallest absolute Gasteiger partial charge is 0.269 e. The van der Waals surface area contributed by atoms with Gasteiger partial charge in [0.05, 0.1) is 6.61 Å². The largest absolute Gasteiger partial charge is 0.420 e. The summed E-state index contributed by atoms with van der Waals surface area (Å²) in [4.78, 5) is 3.88. The van der Waals surface area contributed by atoms with Gasteiger partial charge in [-0.25, -0.2) is 9.37 Å². The fourth-order valence-electron chi connectivity index (χ4n) is 1.29. The average Bonchev–Trinajstić information content (AvgIpc) is 2.68. The summed E-state index contributed by atoms with van der Waals surface area (Å²) in [6.45, 7) is 1.81. The number of rotatable bonds is 3. The highest BCUT2D eigenvalue weighted by Gasteiger charge is 2.16. The van der Waals surface area contributed by atoms with Crippen molar-refractivity contribution in [2.45, 2.75) is 13.5 Å². The zero-order valence-corrected chi connectivity index (χ0v) is 8.90. The van der Waals surface area contributed by atoms with E-state index >= 15 is 0 Å². The van der Waals surface area contributed by atoms with Gasteiger partial charge in [0.2, 0.25) is 5.89 Å². The molecule has 0 spiro atoms. The summed E-state index contributed by atoms with van der Waals surface area (Å²) < 4.78 is 23.9. The van der Waals surface area contributed by atoms with Gasteiger partial charge in [-0.05, 0) is 6.07 Å². The van der Waals surface area contributed by atoms with E-state index in [4.69, 9.17) is 9.15 Å². The van der Waals surface area contributed by atoms with Crippen LogP contribution in [-0.2, 0) is 11.3 Å². The summed E-state index contributed by atoms with van der Waals surface area (Å²) in [7, 11) is 1.50. The van der Waals surface area contributed by atoms with Gasteiger partial charge in [-0.2, -0.15) is 0 Å². The number of aryl methyl sites for hydroxylation is 1. The van der Waals surface area contributed by atoms with Crippen LogP contribution < -0.4 is 0 Å². The Kier molecular flexibility index (Phi) is 2.91. The first-order valence-corrected chi connectivity index (χ1v) is 4.65. The molecule has 0 atom stereocenters. The molecule has 5 nitrogen and oxygen atoms in total. The Hall–Kier alpha value is -1.82. The van der Waals surface area contributed by atoms with Crippen LogP contribution in [0.15, 0.2) is 16.7 Å². The Morgan fingerprint density at radius 1 is 1.44 bits per heavy atom. The maximum Gasteiger partial charge on any atom is 0.269 e. The van der Waals surface area contributed by atoms with Crippen molar-refractivity contribution in [3.05, 3.63) is 29.5 Å². The van der Waals surface area contributed by atoms with Gasteiger partial charge in [0.25, 0.3) is 5.89 Å². The minimum Gasteiger partial charge on any atom is -0.420 e. The van der Waals surface area contributed by atoms with Crippen LogP contribution in [0, 0.1) is 12.7 Å². The Labute approximate surface area is 91.3 Å². The maximum absolute atomic E-state index is 13.9. The number of pyridine rings is 1. The number of methoxy groups -OCH3 is 1. The monoisotopic (exact) mass is 223 g/mol. The maximum atomic E-state index is 13.9. The molecule has 0 amide bonds. The molecule has 0 saturated carbocycles. The molecule has 0 radical (unpaired) electrons. The number of ether oxygens (including phenoxy) is 1. The van der Waals surface area contributed by atoms with Crippen molar-refractivity contribution in [2.75, 3.05) is 7.11 Å². The van der Waals surface area contributed by atoms with E-state index in [-0.39, 0.29) is 18.2 Å². The van der Waals surface area contributed by atoms with E-state index in [1.165, 1.54) is 13.3 Å². The minimum atomic E-state index is -0.493. The van der Waals surface area contributed by atoms with E-state index in [0.29, 0.717) is 11.5 Å². The molecule has 0 bridgehead atoms. The van der Waals surface area contributed by atoms with Crippen LogP contribution in [0.3, 0.4) is 0 Å². The molecule has 0 aliphatic rings. The Morgan fingerprint density at radius 3 is 2.88 bits per heavy atom. The van der Waals surface area contributed by atoms with Crippen molar-refractivity contribution in [2.24, 2.45) is 0 Å². The second-order valence-corrected chi connectivity index (χ2v) is 3.19. The second kappa shape index (κ2) is 4.36. The molecule has 0 unspecified atom stereocenters. The normalized spacial score (nSPS) is 10.7. The molecule has 0 saturated heterocycles. The molecule has 2 heterocycles. The summed E-state index contributed by atoms with van der Waals surface area (Å²) in [6, 6.07) is 1.55. The van der Waals surface area contributed by atoms with Gasteiger partial charge in [0, 0.05) is 25.8 Å². The van der Waals surface area contributed by atoms with Crippen LogP contribution in [0.1, 0.15) is 11.5 Å². The lowest BCUT2D eigenvalue weighted by molar-refractivity contribution is 0.181. The van der Waals surface area contributed by atoms with Gasteiger partial charge in [0.15, 0.2) is 11.5 Å². The fraction of sp³-hybridized carbons (Fsp3) is 0.300. The average molecular weight is 223 g/mol. The summed E-state index contributed by atoms with van der Waals surface area (Å²) in [6.07, 6.45) is 1.48. The van der Waals surface area contributed by atoms with Crippen molar-refractivity contribution in [3.8, 4) is 11.6 Å². The molecule has 6 heteroatoms. The summed E-state index contributed by atoms with van der Waals surface area (Å²) in [5.74, 6) is -0.0469. The van der Waals surface area contributed by atoms with Crippen molar-refractivity contribution in [3.63, 3.8) is 0 Å². The van der Waals surface area contributed by atoms with Gasteiger partial charge in [-0.15, -0.1) is 10.2 Å². The molecule has 2 aromatic rings. The topological polar surface area (TPSA) is 61.0 Å². The molecular formula is C10H10FN3O2. The minimum absolute atomic E-state index is 0.0511. The highest BCUT2D eigenvalue weighted by atomic mass is 19.1. The number of aromatic nitrogens is 3. The fourth-order valence-corrected chi connectivity index (χ4v) is 1.29. The Balaban J connectivity index is 2.45. The highest BCUT2D eigenvalue weighted by Crippen LogP contribution is 2.21. The molecule has 0 aliphatic heterocycles. The van der Waals surface area contributed by atoms with Gasteiger partial charge in [-0.1, -0.05) is 0 Å². The quantitative estimate of drug-likeness (QED) is 0.792. The molecule has 2 aromatic heterocycles. The van der Waals surface area contributed by atoms with Crippen LogP contribution in [0.5, 0.6) is 0 Å². The first-order valence-electron chi connectivity index (χ1n) is 4.65. The highest BCUT2D eigenvalue weighted by molar-refractivity contribution is 5.48. The van der Waals surface area contributed by atoms with Crippen molar-refractivity contribution in [1.82, 2.24) is 15.2 Å². The van der Waals surface area contributed by atoms with Gasteiger partial charge in [-0.3, -0.25) is 0 Å². The number of hydrogen-bond donors (Lipinski definition) is 0. The van der Waals surface area contributed by atoms with Crippen LogP contribution in [0.4, 0.5) is 4.39 Å². The molecule has 0 fully saturated rings. The third kappa shape index (κ3) is 1.92. The van der Waals surface area contributed by atoms with Crippen LogP contribution in [-0.4, -0.2) is 22.3 Å². The molecule has 16 heavy (non-hydrogen) atoms. The number of halogens is 1. The van der Waals surface area contributed by atoms with Gasteiger partial charge in [0.1, 0.15) is 0 Å². The SMILES string of the molecule is COCc1ccnc(-c2nnc(C)o2)c1F. The van der Waals surface area contributed by atoms with E-state index in [1.807, 2.05) is 0 Å². The van der Waals surface area contributed by atoms with Crippen molar-refractivity contribution < 1.29 is 13.5 Å². The Morgan fingerprint density at radius 2 is 2.25 bits per heavy atom. The van der Waals surface area contributed by atoms with E-state index < -0.39 is 5.82 Å². The third-order valence-electron chi connectivity index (χ3n) is 2.00. The molecule has 0 N–H and O–H groups in total. The molecule has 2 rings (SSSR count). The van der Waals surface area contributed by atoms with Gasteiger partial charge < -0.3 is 9.15 Å². The van der Waals surface area contributed by atoms with Crippen molar-refractivity contribution in [1.29, 1.82) is 0 Å². The zero-order valence-electron chi connectivity index (χ0n) is 8.90. The molecule has 84 valence electrons. The van der Waals surface area contributed by atoms with Crippen LogP contribution >= 0.6 is 0 Å². The first kappa shape index (κ1) is 10.7. The summed E-state index contributed by atoms with van der Waals surface area (Å²) in [5.41, 5.74) is 0.457. The van der Waals surface area contributed by atoms with Crippen molar-refractivity contribution >= 4 is 0 Å². The molecular weight excluding hydrogens is 213 g/mol. The van der Waals surface area contributed by atoms with Gasteiger partial charge >= 0.3 is 0 Å². The second-order valence-electron chi connectivity index (χ2n) is 3.19. The van der Waals surface area contributed by atoms with E-state index in [1.54, 1.807) is 13.0 Å². The number of hydrogen-bond acceptors (Lipinski definition) is 5. The Bertz CT molecular complexity index is 499. The summed E-state index contributed by atoms with van der Waals surface area (Å²) in [5, 5.41) is 7.34. The zero-order chi connectivity index (χ0) is 11.5. The predicted octanol–water partition coefficient (Wildman–Crippen LogP) is 1.73. The van der Waals surface area contributed by atoms with Crippen LogP contribution in [0.25, 0.3) is 11.6 Å². The first-order chi connectivity index (χ1) is 7.72. The van der Waals surface area contributed by atoms with E-state index in [0.717, 1.165) is 0 Å². The summed E-state index contributed by atoms with van der Waals surface area (Å²) >= 11 is 0. The number of nitrogens with zero attached hydrogens (tertiary/aromatic N) is 3. The third-order valence-corrected chi connectivity index (χ3v) is 2.00. The van der Waals surface area contributed by atoms with Crippen LogP contribution in [0.2, 0.25) is 0 Å². The lowest BCUT2D eigenvalue weighted by Gasteiger charge is -2.03. The van der Waals surface area contributed by atoms with E-state index in [9.17, 15) is 4.39 Å². The molecule has 0 aliphatic carbocycles. The van der Waals surface area contributed by atoms with E-state index in [2.05, 4.69) is 15.2 Å². The predicted molar refractivity (Wildman–Crippen MR) is 52.9 cm³/mol. The molecule has 0 aromatic carbocycles. The lowest BCUT2D eigenvalue weighted by Crippen LogP contribution is -1.97.